The second kappa shape index (κ2) is 5.95. The van der Waals surface area contributed by atoms with E-state index < -0.39 is 0 Å². The van der Waals surface area contributed by atoms with E-state index in [1.165, 1.54) is 0 Å². The zero-order valence-electron chi connectivity index (χ0n) is 11.7. The highest BCUT2D eigenvalue weighted by Gasteiger charge is 2.18. The maximum absolute atomic E-state index is 9.38. The fourth-order valence-corrected chi connectivity index (χ4v) is 2.51. The number of rotatable bonds is 3. The molecule has 0 aliphatic rings. The maximum Gasteiger partial charge on any atom is 0.0995 e. The minimum Gasteiger partial charge on any atom is -0.326 e. The summed E-state index contributed by atoms with van der Waals surface area (Å²) in [7, 11) is 0. The second-order valence-corrected chi connectivity index (χ2v) is 4.85. The molecule has 1 atom stereocenters. The lowest BCUT2D eigenvalue weighted by atomic mass is 9.94. The van der Waals surface area contributed by atoms with Crippen LogP contribution in [0.1, 0.15) is 28.3 Å². The highest BCUT2D eigenvalue weighted by molar-refractivity contribution is 5.45. The smallest absolute Gasteiger partial charge is 0.0995 e. The van der Waals surface area contributed by atoms with Crippen molar-refractivity contribution >= 4 is 0 Å². The zero-order chi connectivity index (χ0) is 15.4. The van der Waals surface area contributed by atoms with Crippen molar-refractivity contribution in [3.63, 3.8) is 0 Å². The Morgan fingerprint density at radius 1 is 0.955 bits per heavy atom. The third kappa shape index (κ3) is 2.46. The Labute approximate surface area is 128 Å². The van der Waals surface area contributed by atoms with Gasteiger partial charge in [0.05, 0.1) is 35.6 Å². The molecule has 0 spiro atoms. The van der Waals surface area contributed by atoms with Crippen LogP contribution in [0.25, 0.3) is 0 Å². The summed E-state index contributed by atoms with van der Waals surface area (Å²) in [5.74, 6) is 0. The molecule has 104 valence electrons. The van der Waals surface area contributed by atoms with E-state index in [9.17, 15) is 5.26 Å². The predicted octanol–water partition coefficient (Wildman–Crippen LogP) is 3.26. The minimum atomic E-state index is -0.147. The average molecular weight is 284 g/mol. The fourth-order valence-electron chi connectivity index (χ4n) is 2.51. The van der Waals surface area contributed by atoms with Gasteiger partial charge in [-0.2, -0.15) is 10.5 Å². The molecule has 3 rings (SSSR count). The van der Waals surface area contributed by atoms with Crippen LogP contribution in [0.3, 0.4) is 0 Å². The van der Waals surface area contributed by atoms with Crippen LogP contribution in [-0.4, -0.2) is 9.55 Å². The minimum absolute atomic E-state index is 0.147. The molecule has 22 heavy (non-hydrogen) atoms. The Morgan fingerprint density at radius 2 is 1.73 bits per heavy atom. The van der Waals surface area contributed by atoms with Crippen LogP contribution in [0.2, 0.25) is 0 Å². The average Bonchev–Trinajstić information content (AvgIpc) is 3.10. The molecule has 2 aromatic carbocycles. The molecule has 4 heteroatoms. The lowest BCUT2D eigenvalue weighted by Gasteiger charge is -2.20. The van der Waals surface area contributed by atoms with Crippen LogP contribution in [-0.2, 0) is 0 Å². The zero-order valence-corrected chi connectivity index (χ0v) is 11.7. The Morgan fingerprint density at radius 3 is 2.36 bits per heavy atom. The van der Waals surface area contributed by atoms with Crippen molar-refractivity contribution in [1.82, 2.24) is 9.55 Å². The fraction of sp³-hybridized carbons (Fsp3) is 0.0556. The van der Waals surface area contributed by atoms with Crippen molar-refractivity contribution in [2.24, 2.45) is 0 Å². The molecule has 1 unspecified atom stereocenters. The van der Waals surface area contributed by atoms with Crippen molar-refractivity contribution in [1.29, 1.82) is 10.5 Å². The third-order valence-electron chi connectivity index (χ3n) is 3.55. The van der Waals surface area contributed by atoms with E-state index in [0.717, 1.165) is 11.1 Å². The Hall–Kier alpha value is -3.37. The lowest BCUT2D eigenvalue weighted by Crippen LogP contribution is -2.12. The maximum atomic E-state index is 9.38. The first kappa shape index (κ1) is 13.6. The van der Waals surface area contributed by atoms with Crippen molar-refractivity contribution in [3.05, 3.63) is 89.5 Å². The Bertz CT molecular complexity index is 849. The predicted molar refractivity (Wildman–Crippen MR) is 81.8 cm³/mol. The van der Waals surface area contributed by atoms with Gasteiger partial charge in [-0.3, -0.25) is 0 Å². The first-order chi connectivity index (χ1) is 10.8. The van der Waals surface area contributed by atoms with Gasteiger partial charge in [-0.15, -0.1) is 0 Å². The monoisotopic (exact) mass is 284 g/mol. The first-order valence-corrected chi connectivity index (χ1v) is 6.80. The summed E-state index contributed by atoms with van der Waals surface area (Å²) >= 11 is 0. The first-order valence-electron chi connectivity index (χ1n) is 6.80. The summed E-state index contributed by atoms with van der Waals surface area (Å²) in [6, 6.07) is 19.1. The molecule has 4 nitrogen and oxygen atoms in total. The van der Waals surface area contributed by atoms with E-state index in [1.807, 2.05) is 47.2 Å². The van der Waals surface area contributed by atoms with Crippen LogP contribution in [0, 0.1) is 22.7 Å². The summed E-state index contributed by atoms with van der Waals surface area (Å²) in [4.78, 5) is 4.11. The Balaban J connectivity index is 2.17. The summed E-state index contributed by atoms with van der Waals surface area (Å²) in [6.45, 7) is 0. The van der Waals surface area contributed by atoms with Gasteiger partial charge in [0, 0.05) is 12.4 Å². The number of hydrogen-bond donors (Lipinski definition) is 0. The molecular weight excluding hydrogens is 272 g/mol. The number of aromatic nitrogens is 2. The van der Waals surface area contributed by atoms with Gasteiger partial charge in [-0.05, 0) is 29.3 Å². The molecule has 0 amide bonds. The third-order valence-corrected chi connectivity index (χ3v) is 3.55. The van der Waals surface area contributed by atoms with Gasteiger partial charge in [-0.1, -0.05) is 30.3 Å². The highest BCUT2D eigenvalue weighted by atomic mass is 15.1. The van der Waals surface area contributed by atoms with E-state index in [2.05, 4.69) is 17.1 Å². The summed E-state index contributed by atoms with van der Waals surface area (Å²) < 4.78 is 1.96. The SMILES string of the molecule is N#Cc1ccc(C(c2ccccc2C#N)n2ccnc2)cc1. The van der Waals surface area contributed by atoms with Crippen molar-refractivity contribution < 1.29 is 0 Å². The normalized spacial score (nSPS) is 11.4. The second-order valence-electron chi connectivity index (χ2n) is 4.85. The van der Waals surface area contributed by atoms with E-state index in [4.69, 9.17) is 5.26 Å². The summed E-state index contributed by atoms with van der Waals surface area (Å²) in [5, 5.41) is 18.3. The highest BCUT2D eigenvalue weighted by Crippen LogP contribution is 2.29. The van der Waals surface area contributed by atoms with Crippen LogP contribution in [0.4, 0.5) is 0 Å². The summed E-state index contributed by atoms with van der Waals surface area (Å²) in [5.41, 5.74) is 3.15. The number of nitrogens with zero attached hydrogens (tertiary/aromatic N) is 4. The van der Waals surface area contributed by atoms with Gasteiger partial charge in [0.25, 0.3) is 0 Å². The van der Waals surface area contributed by atoms with Crippen LogP contribution >= 0.6 is 0 Å². The topological polar surface area (TPSA) is 65.4 Å². The molecule has 0 radical (unpaired) electrons. The molecule has 0 aliphatic heterocycles. The van der Waals surface area contributed by atoms with Crippen molar-refractivity contribution in [3.8, 4) is 12.1 Å². The van der Waals surface area contributed by atoms with Gasteiger partial charge >= 0.3 is 0 Å². The van der Waals surface area contributed by atoms with Gasteiger partial charge in [0.1, 0.15) is 0 Å². The lowest BCUT2D eigenvalue weighted by molar-refractivity contribution is 0.675. The standard InChI is InChI=1S/C18H12N4/c19-11-14-5-7-15(8-6-14)18(22-10-9-21-13-22)17-4-2-1-3-16(17)12-20/h1-10,13,18H. The molecule has 0 N–H and O–H groups in total. The quantitative estimate of drug-likeness (QED) is 0.741. The Kier molecular flexibility index (Phi) is 3.68. The molecule has 0 aliphatic carbocycles. The molecule has 0 bridgehead atoms. The molecule has 0 saturated heterocycles. The van der Waals surface area contributed by atoms with Crippen molar-refractivity contribution in [2.45, 2.75) is 6.04 Å². The van der Waals surface area contributed by atoms with Crippen LogP contribution in [0.15, 0.2) is 67.3 Å². The number of nitriles is 2. The molecule has 1 heterocycles. The van der Waals surface area contributed by atoms with Crippen LogP contribution in [0.5, 0.6) is 0 Å². The number of imidazole rings is 1. The molecule has 3 aromatic rings. The largest absolute Gasteiger partial charge is 0.326 e. The summed E-state index contributed by atoms with van der Waals surface area (Å²) in [6.07, 6.45) is 5.32. The van der Waals surface area contributed by atoms with E-state index >= 15 is 0 Å². The van der Waals surface area contributed by atoms with Crippen LogP contribution < -0.4 is 0 Å². The van der Waals surface area contributed by atoms with Gasteiger partial charge in [0.15, 0.2) is 0 Å². The van der Waals surface area contributed by atoms with E-state index in [-0.39, 0.29) is 6.04 Å². The van der Waals surface area contributed by atoms with E-state index in [1.54, 1.807) is 24.7 Å². The van der Waals surface area contributed by atoms with E-state index in [0.29, 0.717) is 11.1 Å². The van der Waals surface area contributed by atoms with Gasteiger partial charge in [0.2, 0.25) is 0 Å². The number of hydrogen-bond acceptors (Lipinski definition) is 3. The number of benzene rings is 2. The van der Waals surface area contributed by atoms with Crippen molar-refractivity contribution in [2.75, 3.05) is 0 Å². The molecule has 0 fully saturated rings. The van der Waals surface area contributed by atoms with Gasteiger partial charge < -0.3 is 4.57 Å². The molecule has 1 aromatic heterocycles. The van der Waals surface area contributed by atoms with Gasteiger partial charge in [-0.25, -0.2) is 4.98 Å². The molecular formula is C18H12N4. The molecule has 0 saturated carbocycles.